The van der Waals surface area contributed by atoms with Gasteiger partial charge in [0.05, 0.1) is 4.92 Å². The summed E-state index contributed by atoms with van der Waals surface area (Å²) in [6, 6.07) is 6.42. The average Bonchev–Trinajstić information content (AvgIpc) is 2.61. The molecule has 0 atom stereocenters. The SMILES string of the molecule is O=[N+]([O-])c1ccc(-c2nccnc2NCC2CCCCC2)cc1. The van der Waals surface area contributed by atoms with Gasteiger partial charge < -0.3 is 5.32 Å². The maximum Gasteiger partial charge on any atom is 0.269 e. The van der Waals surface area contributed by atoms with Crippen LogP contribution in [0.4, 0.5) is 11.5 Å². The van der Waals surface area contributed by atoms with Crippen LogP contribution in [-0.4, -0.2) is 21.4 Å². The summed E-state index contributed by atoms with van der Waals surface area (Å²) in [7, 11) is 0. The molecule has 1 aromatic heterocycles. The summed E-state index contributed by atoms with van der Waals surface area (Å²) in [4.78, 5) is 19.1. The number of nitrogens with one attached hydrogen (secondary N) is 1. The Kier molecular flexibility index (Phi) is 4.80. The first-order chi connectivity index (χ1) is 11.2. The van der Waals surface area contributed by atoms with Crippen LogP contribution in [0, 0.1) is 16.0 Å². The van der Waals surface area contributed by atoms with Gasteiger partial charge in [-0.25, -0.2) is 4.98 Å². The molecule has 1 heterocycles. The summed E-state index contributed by atoms with van der Waals surface area (Å²) in [5, 5.41) is 14.2. The first-order valence-electron chi connectivity index (χ1n) is 8.04. The van der Waals surface area contributed by atoms with Crippen LogP contribution in [0.3, 0.4) is 0 Å². The van der Waals surface area contributed by atoms with Crippen molar-refractivity contribution in [1.82, 2.24) is 9.97 Å². The number of hydrogen-bond acceptors (Lipinski definition) is 5. The van der Waals surface area contributed by atoms with Gasteiger partial charge in [-0.3, -0.25) is 15.1 Å². The summed E-state index contributed by atoms with van der Waals surface area (Å²) in [6.45, 7) is 0.901. The molecular weight excluding hydrogens is 292 g/mol. The molecule has 0 unspecified atom stereocenters. The topological polar surface area (TPSA) is 81.0 Å². The Morgan fingerprint density at radius 2 is 1.78 bits per heavy atom. The van der Waals surface area contributed by atoms with Crippen molar-refractivity contribution < 1.29 is 4.92 Å². The quantitative estimate of drug-likeness (QED) is 0.665. The van der Waals surface area contributed by atoms with Gasteiger partial charge in [-0.1, -0.05) is 19.3 Å². The van der Waals surface area contributed by atoms with Crippen LogP contribution in [0.25, 0.3) is 11.3 Å². The molecule has 6 nitrogen and oxygen atoms in total. The molecule has 6 heteroatoms. The number of hydrogen-bond donors (Lipinski definition) is 1. The monoisotopic (exact) mass is 312 g/mol. The van der Waals surface area contributed by atoms with Crippen LogP contribution in [-0.2, 0) is 0 Å². The normalized spacial score (nSPS) is 15.3. The van der Waals surface area contributed by atoms with Crippen molar-refractivity contribution in [1.29, 1.82) is 0 Å². The highest BCUT2D eigenvalue weighted by atomic mass is 16.6. The summed E-state index contributed by atoms with van der Waals surface area (Å²) < 4.78 is 0. The Hall–Kier alpha value is -2.50. The van der Waals surface area contributed by atoms with Crippen molar-refractivity contribution >= 4 is 11.5 Å². The van der Waals surface area contributed by atoms with E-state index < -0.39 is 4.92 Å². The van der Waals surface area contributed by atoms with Gasteiger partial charge in [0.2, 0.25) is 0 Å². The minimum atomic E-state index is -0.400. The predicted octanol–water partition coefficient (Wildman–Crippen LogP) is 4.04. The van der Waals surface area contributed by atoms with E-state index in [0.717, 1.165) is 23.6 Å². The minimum Gasteiger partial charge on any atom is -0.368 e. The number of aromatic nitrogens is 2. The highest BCUT2D eigenvalue weighted by Gasteiger charge is 2.15. The third-order valence-corrected chi connectivity index (χ3v) is 4.33. The van der Waals surface area contributed by atoms with Crippen LogP contribution in [0.5, 0.6) is 0 Å². The number of nitro benzene ring substituents is 1. The first-order valence-corrected chi connectivity index (χ1v) is 8.04. The summed E-state index contributed by atoms with van der Waals surface area (Å²) in [6.07, 6.45) is 9.79. The Bertz CT molecular complexity index is 667. The molecule has 23 heavy (non-hydrogen) atoms. The number of anilines is 1. The number of benzene rings is 1. The van der Waals surface area contributed by atoms with E-state index in [1.807, 2.05) is 0 Å². The van der Waals surface area contributed by atoms with Gasteiger partial charge in [0, 0.05) is 36.6 Å². The highest BCUT2D eigenvalue weighted by Crippen LogP contribution is 2.27. The molecule has 2 aromatic rings. The zero-order chi connectivity index (χ0) is 16.1. The Morgan fingerprint density at radius 3 is 2.48 bits per heavy atom. The third kappa shape index (κ3) is 3.83. The predicted molar refractivity (Wildman–Crippen MR) is 89.2 cm³/mol. The number of nitro groups is 1. The van der Waals surface area contributed by atoms with E-state index in [2.05, 4.69) is 15.3 Å². The van der Waals surface area contributed by atoms with E-state index in [0.29, 0.717) is 5.92 Å². The highest BCUT2D eigenvalue weighted by molar-refractivity contribution is 5.71. The van der Waals surface area contributed by atoms with Crippen LogP contribution < -0.4 is 5.32 Å². The van der Waals surface area contributed by atoms with Crippen LogP contribution in [0.15, 0.2) is 36.7 Å². The van der Waals surface area contributed by atoms with Crippen molar-refractivity contribution in [2.24, 2.45) is 5.92 Å². The summed E-state index contributed by atoms with van der Waals surface area (Å²) in [5.41, 5.74) is 1.64. The standard InChI is InChI=1S/C17H20N4O2/c22-21(23)15-8-6-14(7-9-15)16-17(19-11-10-18-16)20-12-13-4-2-1-3-5-13/h6-11,13H,1-5,12H2,(H,19,20). The van der Waals surface area contributed by atoms with Gasteiger partial charge in [0.1, 0.15) is 5.69 Å². The molecule has 1 aromatic carbocycles. The van der Waals surface area contributed by atoms with Crippen molar-refractivity contribution in [2.75, 3.05) is 11.9 Å². The lowest BCUT2D eigenvalue weighted by Crippen LogP contribution is -2.18. The van der Waals surface area contributed by atoms with Gasteiger partial charge in [-0.05, 0) is 30.9 Å². The second kappa shape index (κ2) is 7.17. The van der Waals surface area contributed by atoms with Gasteiger partial charge in [0.25, 0.3) is 5.69 Å². The fraction of sp³-hybridized carbons (Fsp3) is 0.412. The van der Waals surface area contributed by atoms with E-state index in [-0.39, 0.29) is 5.69 Å². The zero-order valence-corrected chi connectivity index (χ0v) is 12.9. The van der Waals surface area contributed by atoms with E-state index in [4.69, 9.17) is 0 Å². The maximum absolute atomic E-state index is 10.8. The van der Waals surface area contributed by atoms with E-state index in [1.165, 1.54) is 44.2 Å². The molecule has 3 rings (SSSR count). The van der Waals surface area contributed by atoms with Gasteiger partial charge in [-0.15, -0.1) is 0 Å². The Morgan fingerprint density at radius 1 is 1.09 bits per heavy atom. The number of non-ortho nitro benzene ring substituents is 1. The first kappa shape index (κ1) is 15.4. The molecule has 0 spiro atoms. The Balaban J connectivity index is 1.75. The molecule has 0 saturated heterocycles. The van der Waals surface area contributed by atoms with Crippen molar-refractivity contribution in [3.8, 4) is 11.3 Å². The maximum atomic E-state index is 10.8. The molecule has 0 radical (unpaired) electrons. The van der Waals surface area contributed by atoms with E-state index >= 15 is 0 Å². The molecule has 1 aliphatic rings. The second-order valence-electron chi connectivity index (χ2n) is 5.94. The van der Waals surface area contributed by atoms with Crippen LogP contribution in [0.1, 0.15) is 32.1 Å². The fourth-order valence-electron chi connectivity index (χ4n) is 3.05. The van der Waals surface area contributed by atoms with Crippen molar-refractivity contribution in [2.45, 2.75) is 32.1 Å². The minimum absolute atomic E-state index is 0.0781. The molecule has 120 valence electrons. The summed E-state index contributed by atoms with van der Waals surface area (Å²) in [5.74, 6) is 1.43. The van der Waals surface area contributed by atoms with Gasteiger partial charge in [0.15, 0.2) is 5.82 Å². The zero-order valence-electron chi connectivity index (χ0n) is 12.9. The lowest BCUT2D eigenvalue weighted by atomic mass is 9.89. The lowest BCUT2D eigenvalue weighted by Gasteiger charge is -2.22. The summed E-state index contributed by atoms with van der Waals surface area (Å²) >= 11 is 0. The molecule has 1 saturated carbocycles. The smallest absolute Gasteiger partial charge is 0.269 e. The lowest BCUT2D eigenvalue weighted by molar-refractivity contribution is -0.384. The molecule has 0 aliphatic heterocycles. The number of rotatable bonds is 5. The number of nitrogens with zero attached hydrogens (tertiary/aromatic N) is 3. The molecular formula is C17H20N4O2. The Labute approximate surface area is 135 Å². The molecule has 0 bridgehead atoms. The molecule has 0 amide bonds. The van der Waals surface area contributed by atoms with Crippen LogP contribution >= 0.6 is 0 Å². The largest absolute Gasteiger partial charge is 0.368 e. The second-order valence-corrected chi connectivity index (χ2v) is 5.94. The van der Waals surface area contributed by atoms with Gasteiger partial charge >= 0.3 is 0 Å². The van der Waals surface area contributed by atoms with Gasteiger partial charge in [-0.2, -0.15) is 0 Å². The van der Waals surface area contributed by atoms with E-state index in [9.17, 15) is 10.1 Å². The third-order valence-electron chi connectivity index (χ3n) is 4.33. The van der Waals surface area contributed by atoms with Crippen LogP contribution in [0.2, 0.25) is 0 Å². The van der Waals surface area contributed by atoms with E-state index in [1.54, 1.807) is 24.5 Å². The molecule has 1 fully saturated rings. The molecule has 1 N–H and O–H groups in total. The average molecular weight is 312 g/mol. The van der Waals surface area contributed by atoms with Crippen molar-refractivity contribution in [3.05, 3.63) is 46.8 Å². The molecule has 1 aliphatic carbocycles. The van der Waals surface area contributed by atoms with Crippen molar-refractivity contribution in [3.63, 3.8) is 0 Å². The fourth-order valence-corrected chi connectivity index (χ4v) is 3.05.